The molecule has 2 rings (SSSR count). The van der Waals surface area contributed by atoms with Crippen LogP contribution in [0.1, 0.15) is 51.2 Å². The van der Waals surface area contributed by atoms with Gasteiger partial charge in [-0.2, -0.15) is 13.6 Å². The molecule has 0 bridgehead atoms. The molecule has 20 heteroatoms. The highest BCUT2D eigenvalue weighted by Crippen LogP contribution is 2.66. The lowest BCUT2D eigenvalue weighted by atomic mass is 10.1. The Labute approximate surface area is 212 Å². The lowest BCUT2D eigenvalue weighted by Crippen LogP contribution is -2.28. The standard InChI is InChI=1S/C17H34N5O12P3/c18-8-5-3-1-2-4-6-9-20-35(25,26)33-37(29,30)34-36(27,28)31-12-14-13(23)11-16(32-14)22-10-7-15(19)21-17(22)24/h7,10,13-14,16,23H,1-6,8-9,11-12,18H2,(H,27,28)(H,29,30)(H2,19,21,24)(H2,20,25,26)/t13-,14+,16+/m0/s1. The summed E-state index contributed by atoms with van der Waals surface area (Å²) < 4.78 is 55.4. The molecule has 1 aliphatic heterocycles. The third-order valence-electron chi connectivity index (χ3n) is 5.13. The van der Waals surface area contributed by atoms with Gasteiger partial charge in [0.25, 0.3) is 0 Å². The van der Waals surface area contributed by atoms with Gasteiger partial charge in [0.05, 0.1) is 12.7 Å². The summed E-state index contributed by atoms with van der Waals surface area (Å²) in [7, 11) is -15.8. The first-order chi connectivity index (χ1) is 17.2. The SMILES string of the molecule is NCCCCCCCCNP(=O)(O)OP(=O)(O)OP(=O)(O)OC[C@H]1O[C@@H](n2ccc(N)nc2=O)C[C@@H]1O. The number of aliphatic hydroxyl groups is 1. The Morgan fingerprint density at radius 3 is 2.38 bits per heavy atom. The summed E-state index contributed by atoms with van der Waals surface area (Å²) in [6.45, 7) is -0.213. The molecule has 0 aromatic carbocycles. The van der Waals surface area contributed by atoms with E-state index in [1.54, 1.807) is 0 Å². The van der Waals surface area contributed by atoms with Crippen molar-refractivity contribution in [3.63, 3.8) is 0 Å². The number of unbranched alkanes of at least 4 members (excludes halogenated alkanes) is 5. The zero-order valence-corrected chi connectivity index (χ0v) is 22.6. The van der Waals surface area contributed by atoms with Crippen molar-refractivity contribution in [3.8, 4) is 0 Å². The Morgan fingerprint density at radius 2 is 1.73 bits per heavy atom. The number of nitrogens with one attached hydrogen (secondary N) is 1. The van der Waals surface area contributed by atoms with Crippen LogP contribution in [0.25, 0.3) is 0 Å². The Balaban J connectivity index is 1.79. The number of hydrogen-bond acceptors (Lipinski definition) is 12. The number of phosphoric acid groups is 2. The Kier molecular flexibility index (Phi) is 12.5. The molecule has 1 aromatic heterocycles. The molecule has 1 saturated heterocycles. The second-order valence-electron chi connectivity index (χ2n) is 8.21. The quantitative estimate of drug-likeness (QED) is 0.0968. The summed E-state index contributed by atoms with van der Waals surface area (Å²) in [5, 5.41) is 12.2. The lowest BCUT2D eigenvalue weighted by Gasteiger charge is -2.20. The summed E-state index contributed by atoms with van der Waals surface area (Å²) in [4.78, 5) is 44.6. The van der Waals surface area contributed by atoms with Gasteiger partial charge in [-0.05, 0) is 25.5 Å². The number of nitrogens with zero attached hydrogens (tertiary/aromatic N) is 2. The van der Waals surface area contributed by atoms with Gasteiger partial charge in [0, 0.05) is 19.2 Å². The second-order valence-corrected chi connectivity index (χ2v) is 13.0. The van der Waals surface area contributed by atoms with Crippen molar-refractivity contribution in [2.75, 3.05) is 25.4 Å². The molecule has 9 N–H and O–H groups in total. The molecule has 17 nitrogen and oxygen atoms in total. The molecule has 6 atom stereocenters. The van der Waals surface area contributed by atoms with Crippen molar-refractivity contribution >= 4 is 29.2 Å². The summed E-state index contributed by atoms with van der Waals surface area (Å²) >= 11 is 0. The molecule has 0 amide bonds. The van der Waals surface area contributed by atoms with Gasteiger partial charge in [-0.15, -0.1) is 0 Å². The van der Waals surface area contributed by atoms with Gasteiger partial charge in [0.2, 0.25) is 0 Å². The predicted molar refractivity (Wildman–Crippen MR) is 130 cm³/mol. The summed E-state index contributed by atoms with van der Waals surface area (Å²) in [6, 6.07) is 1.33. The smallest absolute Gasteiger partial charge is 0.390 e. The van der Waals surface area contributed by atoms with Gasteiger partial charge in [-0.1, -0.05) is 25.7 Å². The lowest BCUT2D eigenvalue weighted by molar-refractivity contribution is -0.0449. The van der Waals surface area contributed by atoms with Gasteiger partial charge in [0.1, 0.15) is 18.1 Å². The number of rotatable bonds is 17. The van der Waals surface area contributed by atoms with E-state index >= 15 is 0 Å². The fraction of sp³-hybridized carbons (Fsp3) is 0.765. The molecule has 214 valence electrons. The molecule has 37 heavy (non-hydrogen) atoms. The first-order valence-corrected chi connectivity index (χ1v) is 16.0. The fourth-order valence-electron chi connectivity index (χ4n) is 3.38. The van der Waals surface area contributed by atoms with E-state index in [1.807, 2.05) is 0 Å². The molecule has 2 heterocycles. The highest BCUT2D eigenvalue weighted by molar-refractivity contribution is 7.67. The summed E-state index contributed by atoms with van der Waals surface area (Å²) in [6.07, 6.45) is 2.61. The van der Waals surface area contributed by atoms with Gasteiger partial charge in [0.15, 0.2) is 0 Å². The molecule has 1 aliphatic rings. The van der Waals surface area contributed by atoms with Crippen LogP contribution in [0, 0.1) is 0 Å². The number of anilines is 1. The molecule has 0 aliphatic carbocycles. The van der Waals surface area contributed by atoms with Crippen LogP contribution >= 0.6 is 23.4 Å². The Bertz CT molecular complexity index is 1070. The molecular weight excluding hydrogens is 559 g/mol. The number of aromatic nitrogens is 2. The molecule has 1 aromatic rings. The number of nitrogens with two attached hydrogens (primary N) is 2. The van der Waals surface area contributed by atoms with Crippen LogP contribution < -0.4 is 22.2 Å². The van der Waals surface area contributed by atoms with E-state index in [4.69, 9.17) is 16.2 Å². The van der Waals surface area contributed by atoms with Crippen LogP contribution in [0.5, 0.6) is 0 Å². The zero-order valence-electron chi connectivity index (χ0n) is 19.9. The minimum atomic E-state index is -5.55. The van der Waals surface area contributed by atoms with Crippen LogP contribution in [-0.4, -0.2) is 61.2 Å². The molecule has 0 spiro atoms. The number of ether oxygens (including phenoxy) is 1. The van der Waals surface area contributed by atoms with Crippen molar-refractivity contribution in [1.29, 1.82) is 0 Å². The van der Waals surface area contributed by atoms with Crippen molar-refractivity contribution in [1.82, 2.24) is 14.6 Å². The van der Waals surface area contributed by atoms with E-state index in [9.17, 15) is 38.3 Å². The maximum absolute atomic E-state index is 12.1. The van der Waals surface area contributed by atoms with Crippen molar-refractivity contribution in [3.05, 3.63) is 22.7 Å². The second kappa shape index (κ2) is 14.4. The first-order valence-electron chi connectivity index (χ1n) is 11.4. The average molecular weight is 593 g/mol. The molecule has 3 unspecified atom stereocenters. The van der Waals surface area contributed by atoms with E-state index < -0.39 is 54.1 Å². The first kappa shape index (κ1) is 32.2. The monoisotopic (exact) mass is 593 g/mol. The minimum Gasteiger partial charge on any atom is -0.390 e. The van der Waals surface area contributed by atoms with Gasteiger partial charge in [-0.3, -0.25) is 9.09 Å². The number of aliphatic hydroxyl groups excluding tert-OH is 1. The normalized spacial score (nSPS) is 24.8. The van der Waals surface area contributed by atoms with Gasteiger partial charge < -0.3 is 36.0 Å². The Morgan fingerprint density at radius 1 is 1.08 bits per heavy atom. The number of nitrogen functional groups attached to an aromatic ring is 1. The third kappa shape index (κ3) is 11.7. The maximum Gasteiger partial charge on any atom is 0.489 e. The zero-order chi connectivity index (χ0) is 27.7. The van der Waals surface area contributed by atoms with E-state index in [1.165, 1.54) is 12.3 Å². The third-order valence-corrected chi connectivity index (χ3v) is 9.59. The van der Waals surface area contributed by atoms with Crippen LogP contribution in [-0.2, 0) is 31.6 Å². The van der Waals surface area contributed by atoms with E-state index in [-0.39, 0.29) is 18.8 Å². The largest absolute Gasteiger partial charge is 0.489 e. The highest BCUT2D eigenvalue weighted by atomic mass is 31.3. The maximum atomic E-state index is 12.1. The van der Waals surface area contributed by atoms with E-state index in [2.05, 4.69) is 23.2 Å². The van der Waals surface area contributed by atoms with Crippen molar-refractivity contribution in [2.45, 2.75) is 63.4 Å². The minimum absolute atomic E-state index is 0.0228. The van der Waals surface area contributed by atoms with E-state index in [0.717, 1.165) is 36.7 Å². The molecular formula is C17H34N5O12P3. The van der Waals surface area contributed by atoms with Crippen LogP contribution in [0.2, 0.25) is 0 Å². The van der Waals surface area contributed by atoms with Crippen LogP contribution in [0.15, 0.2) is 17.1 Å². The van der Waals surface area contributed by atoms with Crippen LogP contribution in [0.4, 0.5) is 5.82 Å². The predicted octanol–water partition coefficient (Wildman–Crippen LogP) is 0.714. The number of phosphoric ester groups is 1. The van der Waals surface area contributed by atoms with Gasteiger partial charge in [-0.25, -0.2) is 23.6 Å². The Hall–Kier alpha value is -1.03. The van der Waals surface area contributed by atoms with Crippen molar-refractivity contribution < 1.29 is 51.4 Å². The fourth-order valence-corrected chi connectivity index (χ4v) is 7.13. The topological polar surface area (TPSA) is 268 Å². The summed E-state index contributed by atoms with van der Waals surface area (Å²) in [5.41, 5.74) is 10.1. The van der Waals surface area contributed by atoms with E-state index in [0.29, 0.717) is 13.0 Å². The molecule has 1 fully saturated rings. The molecule has 0 saturated carbocycles. The highest BCUT2D eigenvalue weighted by Gasteiger charge is 2.43. The van der Waals surface area contributed by atoms with Crippen LogP contribution in [0.3, 0.4) is 0 Å². The number of hydrogen-bond donors (Lipinski definition) is 7. The average Bonchev–Trinajstić information content (AvgIpc) is 3.12. The van der Waals surface area contributed by atoms with Crippen molar-refractivity contribution in [2.24, 2.45) is 5.73 Å². The molecule has 0 radical (unpaired) electrons. The summed E-state index contributed by atoms with van der Waals surface area (Å²) in [5.74, 6) is -0.0228. The van der Waals surface area contributed by atoms with Gasteiger partial charge >= 0.3 is 29.1 Å².